The van der Waals surface area contributed by atoms with E-state index in [0.717, 1.165) is 38.5 Å². The van der Waals surface area contributed by atoms with Gasteiger partial charge in [-0.3, -0.25) is 9.59 Å². The second kappa shape index (κ2) is 34.0. The van der Waals surface area contributed by atoms with Gasteiger partial charge in [0, 0.05) is 6.42 Å². The third-order valence-corrected chi connectivity index (χ3v) is 7.66. The summed E-state index contributed by atoms with van der Waals surface area (Å²) >= 11 is 0. The molecule has 0 aliphatic heterocycles. The lowest BCUT2D eigenvalue weighted by Crippen LogP contribution is -2.13. The van der Waals surface area contributed by atoms with E-state index in [4.69, 9.17) is 5.11 Å². The molecule has 38 heavy (non-hydrogen) atoms. The molecular formula is C34H68O4. The molecule has 0 aromatic heterocycles. The van der Waals surface area contributed by atoms with Crippen molar-refractivity contribution < 1.29 is 19.8 Å². The number of rotatable bonds is 29. The second-order valence-corrected chi connectivity index (χ2v) is 11.5. The van der Waals surface area contributed by atoms with Crippen LogP contribution in [0.2, 0.25) is 0 Å². The quantitative estimate of drug-likeness (QED) is 0.0925. The molecule has 0 spiro atoms. The molecule has 4 heteroatoms. The zero-order chi connectivity index (χ0) is 28.5. The Balaban J connectivity index is 0. The van der Waals surface area contributed by atoms with Crippen LogP contribution in [0.25, 0.3) is 0 Å². The molecule has 0 unspecified atom stereocenters. The highest BCUT2D eigenvalue weighted by Crippen LogP contribution is 2.19. The minimum atomic E-state index is -0.655. The first kappa shape index (κ1) is 39.1. The molecule has 0 bridgehead atoms. The number of hydrogen-bond donors (Lipinski definition) is 2. The van der Waals surface area contributed by atoms with Gasteiger partial charge < -0.3 is 10.2 Å². The number of carboxylic acids is 2. The van der Waals surface area contributed by atoms with Crippen molar-refractivity contribution in [3.05, 3.63) is 0 Å². The van der Waals surface area contributed by atoms with Crippen molar-refractivity contribution >= 4 is 11.9 Å². The van der Waals surface area contributed by atoms with Gasteiger partial charge in [-0.15, -0.1) is 0 Å². The van der Waals surface area contributed by atoms with Crippen LogP contribution in [0.3, 0.4) is 0 Å². The van der Waals surface area contributed by atoms with Crippen molar-refractivity contribution in [2.75, 3.05) is 0 Å². The fourth-order valence-electron chi connectivity index (χ4n) is 5.03. The van der Waals surface area contributed by atoms with E-state index in [9.17, 15) is 14.7 Å². The number of hydrogen-bond acceptors (Lipinski definition) is 2. The monoisotopic (exact) mass is 541 g/mol. The Hall–Kier alpha value is -1.06. The van der Waals surface area contributed by atoms with E-state index in [1.807, 2.05) is 0 Å². The molecule has 0 heterocycles. The Labute approximate surface area is 238 Å². The summed E-state index contributed by atoms with van der Waals surface area (Å²) in [5.41, 5.74) is 0. The molecule has 0 amide bonds. The summed E-state index contributed by atoms with van der Waals surface area (Å²) in [6.45, 7) is 6.71. The average molecular weight is 541 g/mol. The molecule has 0 aromatic rings. The van der Waals surface area contributed by atoms with Gasteiger partial charge in [-0.1, -0.05) is 175 Å². The Morgan fingerprint density at radius 1 is 0.421 bits per heavy atom. The van der Waals surface area contributed by atoms with Gasteiger partial charge in [0.2, 0.25) is 0 Å². The van der Waals surface area contributed by atoms with Crippen LogP contribution < -0.4 is 0 Å². The first-order valence-corrected chi connectivity index (χ1v) is 16.9. The van der Waals surface area contributed by atoms with Crippen molar-refractivity contribution in [1.82, 2.24) is 0 Å². The van der Waals surface area contributed by atoms with Crippen molar-refractivity contribution in [2.45, 2.75) is 201 Å². The molecule has 0 saturated heterocycles. The van der Waals surface area contributed by atoms with E-state index < -0.39 is 11.9 Å². The van der Waals surface area contributed by atoms with Crippen LogP contribution in [0.15, 0.2) is 0 Å². The maximum atomic E-state index is 11.2. The molecular weight excluding hydrogens is 472 g/mol. The fourth-order valence-corrected chi connectivity index (χ4v) is 5.03. The highest BCUT2D eigenvalue weighted by atomic mass is 16.4. The Bertz CT molecular complexity index is 461. The topological polar surface area (TPSA) is 74.6 Å². The van der Waals surface area contributed by atoms with Crippen molar-refractivity contribution in [3.63, 3.8) is 0 Å². The summed E-state index contributed by atoms with van der Waals surface area (Å²) < 4.78 is 0. The van der Waals surface area contributed by atoms with Crippen LogP contribution in [0.5, 0.6) is 0 Å². The Kier molecular flexibility index (Phi) is 34.9. The van der Waals surface area contributed by atoms with Gasteiger partial charge in [0.1, 0.15) is 0 Å². The third-order valence-electron chi connectivity index (χ3n) is 7.66. The molecule has 0 saturated carbocycles. The predicted octanol–water partition coefficient (Wildman–Crippen LogP) is 11.7. The van der Waals surface area contributed by atoms with Crippen molar-refractivity contribution in [3.8, 4) is 0 Å². The third kappa shape index (κ3) is 34.9. The largest absolute Gasteiger partial charge is 0.481 e. The number of aliphatic carboxylic acids is 2. The van der Waals surface area contributed by atoms with Gasteiger partial charge in [0.15, 0.2) is 0 Å². The molecule has 0 aliphatic rings. The van der Waals surface area contributed by atoms with E-state index in [1.165, 1.54) is 135 Å². The maximum Gasteiger partial charge on any atom is 0.306 e. The minimum Gasteiger partial charge on any atom is -0.481 e. The second-order valence-electron chi connectivity index (χ2n) is 11.5. The smallest absolute Gasteiger partial charge is 0.306 e. The Morgan fingerprint density at radius 3 is 0.947 bits per heavy atom. The van der Waals surface area contributed by atoms with E-state index in [-0.39, 0.29) is 5.92 Å². The molecule has 4 nitrogen and oxygen atoms in total. The van der Waals surface area contributed by atoms with Crippen LogP contribution in [-0.4, -0.2) is 22.2 Å². The van der Waals surface area contributed by atoms with Gasteiger partial charge in [-0.25, -0.2) is 0 Å². The van der Waals surface area contributed by atoms with E-state index in [2.05, 4.69) is 20.8 Å². The molecule has 2 N–H and O–H groups in total. The summed E-state index contributed by atoms with van der Waals surface area (Å²) in [4.78, 5) is 21.5. The highest BCUT2D eigenvalue weighted by Gasteiger charge is 2.16. The van der Waals surface area contributed by atoms with Crippen molar-refractivity contribution in [2.24, 2.45) is 5.92 Å². The summed E-state index contributed by atoms with van der Waals surface area (Å²) in [7, 11) is 0. The highest BCUT2D eigenvalue weighted by molar-refractivity contribution is 5.69. The van der Waals surface area contributed by atoms with Crippen LogP contribution >= 0.6 is 0 Å². The minimum absolute atomic E-state index is 0.0904. The lowest BCUT2D eigenvalue weighted by atomic mass is 9.94. The van der Waals surface area contributed by atoms with Crippen LogP contribution in [0.4, 0.5) is 0 Å². The molecule has 228 valence electrons. The van der Waals surface area contributed by atoms with Gasteiger partial charge in [0.25, 0.3) is 0 Å². The van der Waals surface area contributed by atoms with E-state index in [1.54, 1.807) is 0 Å². The lowest BCUT2D eigenvalue weighted by molar-refractivity contribution is -0.142. The molecule has 0 fully saturated rings. The molecule has 0 radical (unpaired) electrons. The first-order valence-electron chi connectivity index (χ1n) is 16.9. The molecule has 0 aromatic carbocycles. The normalized spacial score (nSPS) is 10.9. The summed E-state index contributed by atoms with van der Waals surface area (Å²) in [6.07, 6.45) is 34.0. The zero-order valence-electron chi connectivity index (χ0n) is 26.1. The maximum absolute atomic E-state index is 11.2. The number of unbranched alkanes of at least 4 members (excludes halogenated alkanes) is 22. The lowest BCUT2D eigenvalue weighted by Gasteiger charge is -2.12. The number of carboxylic acid groups (broad SMARTS) is 2. The summed E-state index contributed by atoms with van der Waals surface area (Å²) in [5.74, 6) is -1.32. The Morgan fingerprint density at radius 2 is 0.684 bits per heavy atom. The van der Waals surface area contributed by atoms with Crippen molar-refractivity contribution in [1.29, 1.82) is 0 Å². The van der Waals surface area contributed by atoms with Gasteiger partial charge >= 0.3 is 11.9 Å². The number of carbonyl (C=O) groups is 2. The molecule has 0 atom stereocenters. The van der Waals surface area contributed by atoms with E-state index in [0.29, 0.717) is 6.42 Å². The fraction of sp³-hybridized carbons (Fsp3) is 0.941. The standard InChI is InChI=1S/C18H36O2.C16H32O2/c1-3-5-7-9-11-13-15-17(18(19)20)16-14-12-10-8-6-4-2;1-2-3-4-5-6-7-8-9-10-11-12-13-14-15-16(17)18/h17H,3-16H2,1-2H3,(H,19,20);2-15H2,1H3,(H,17,18). The van der Waals surface area contributed by atoms with Crippen LogP contribution in [0.1, 0.15) is 201 Å². The molecule has 0 rings (SSSR count). The first-order chi connectivity index (χ1) is 18.5. The zero-order valence-corrected chi connectivity index (χ0v) is 26.1. The average Bonchev–Trinajstić information content (AvgIpc) is 2.89. The van der Waals surface area contributed by atoms with Crippen LogP contribution in [0, 0.1) is 5.92 Å². The van der Waals surface area contributed by atoms with E-state index >= 15 is 0 Å². The molecule has 0 aliphatic carbocycles. The summed E-state index contributed by atoms with van der Waals surface area (Å²) in [6, 6.07) is 0. The van der Waals surface area contributed by atoms with Gasteiger partial charge in [-0.2, -0.15) is 0 Å². The van der Waals surface area contributed by atoms with Gasteiger partial charge in [0.05, 0.1) is 5.92 Å². The SMILES string of the molecule is CCCCCCCCC(CCCCCCCC)C(=O)O.CCCCCCCCCCCCCCCC(=O)O. The summed E-state index contributed by atoms with van der Waals surface area (Å²) in [5, 5.41) is 17.7. The van der Waals surface area contributed by atoms with Gasteiger partial charge in [-0.05, 0) is 19.3 Å². The van der Waals surface area contributed by atoms with Crippen LogP contribution in [-0.2, 0) is 9.59 Å². The predicted molar refractivity (Wildman–Crippen MR) is 165 cm³/mol.